The summed E-state index contributed by atoms with van der Waals surface area (Å²) in [5.41, 5.74) is 2.61. The van der Waals surface area contributed by atoms with Crippen molar-refractivity contribution in [2.45, 2.75) is 37.3 Å². The summed E-state index contributed by atoms with van der Waals surface area (Å²) in [6.45, 7) is 0.970. The van der Waals surface area contributed by atoms with E-state index in [0.717, 1.165) is 33.8 Å². The van der Waals surface area contributed by atoms with Crippen LogP contribution in [0.15, 0.2) is 84.9 Å². The van der Waals surface area contributed by atoms with E-state index in [4.69, 9.17) is 0 Å². The first-order chi connectivity index (χ1) is 19.6. The van der Waals surface area contributed by atoms with Crippen molar-refractivity contribution >= 4 is 22.0 Å². The van der Waals surface area contributed by atoms with Crippen LogP contribution in [0.5, 0.6) is 0 Å². The first-order valence-corrected chi connectivity index (χ1v) is 15.1. The smallest absolute Gasteiger partial charge is 0.303 e. The van der Waals surface area contributed by atoms with Gasteiger partial charge in [-0.2, -0.15) is 12.7 Å². The number of nitrogens with zero attached hydrogens (tertiary/aromatic N) is 3. The minimum Gasteiger partial charge on any atom is -0.328 e. The molecule has 3 aromatic rings. The molecule has 0 aliphatic carbocycles. The van der Waals surface area contributed by atoms with Gasteiger partial charge in [-0.05, 0) is 61.7 Å². The molecule has 10 heteroatoms. The highest BCUT2D eigenvalue weighted by atomic mass is 32.2. The number of rotatable bonds is 11. The molecule has 1 saturated heterocycles. The summed E-state index contributed by atoms with van der Waals surface area (Å²) in [5, 5.41) is 0. The summed E-state index contributed by atoms with van der Waals surface area (Å²) in [6, 6.07) is 24.1. The van der Waals surface area contributed by atoms with Crippen LogP contribution in [0.1, 0.15) is 35.4 Å². The Bertz CT molecular complexity index is 1380. The molecule has 8 nitrogen and oxygen atoms in total. The Morgan fingerprint density at radius 3 is 2.02 bits per heavy atom. The Labute approximate surface area is 241 Å². The number of carbonyl (C=O) groups excluding carboxylic acids is 2. The highest BCUT2D eigenvalue weighted by molar-refractivity contribution is 7.87. The van der Waals surface area contributed by atoms with Gasteiger partial charge in [-0.3, -0.25) is 9.59 Å². The topological polar surface area (TPSA) is 90.0 Å². The molecule has 4 rings (SSSR count). The fourth-order valence-electron chi connectivity index (χ4n) is 5.21. The van der Waals surface area contributed by atoms with E-state index >= 15 is 0 Å². The van der Waals surface area contributed by atoms with Crippen LogP contribution in [0.4, 0.5) is 4.39 Å². The van der Waals surface area contributed by atoms with E-state index in [2.05, 4.69) is 9.62 Å². The van der Waals surface area contributed by atoms with Crippen LogP contribution >= 0.6 is 0 Å². The molecular formula is C31H37FN4O4S. The van der Waals surface area contributed by atoms with Crippen LogP contribution in [0.3, 0.4) is 0 Å². The lowest BCUT2D eigenvalue weighted by Gasteiger charge is -2.29. The second kappa shape index (κ2) is 13.4. The molecule has 0 radical (unpaired) electrons. The number of aryl methyl sites for hydroxylation is 1. The zero-order valence-corrected chi connectivity index (χ0v) is 24.4. The van der Waals surface area contributed by atoms with Crippen molar-refractivity contribution in [3.63, 3.8) is 0 Å². The van der Waals surface area contributed by atoms with Crippen LogP contribution in [-0.2, 0) is 26.2 Å². The van der Waals surface area contributed by atoms with Gasteiger partial charge in [0.05, 0.1) is 5.92 Å². The standard InChI is InChI=1S/C31H37FN4O4S/c1-34(2)41(39,40)33-30(37)28-21-27(35(3)20-10-11-23-16-18-26(32)19-17-23)22-36(28)31(38)29(24-12-6-4-7-13-24)25-14-8-5-9-15-25/h4-9,12-19,27-29H,10-11,20-22H2,1-3H3,(H,33,37)/t27-,28-/m1/s1. The van der Waals surface area contributed by atoms with Gasteiger partial charge in [0.2, 0.25) is 5.91 Å². The minimum atomic E-state index is -4.04. The van der Waals surface area contributed by atoms with Gasteiger partial charge in [-0.1, -0.05) is 72.8 Å². The zero-order valence-electron chi connectivity index (χ0n) is 23.6. The predicted molar refractivity (Wildman–Crippen MR) is 157 cm³/mol. The van der Waals surface area contributed by atoms with E-state index in [1.807, 2.05) is 67.7 Å². The molecule has 0 spiro atoms. The van der Waals surface area contributed by atoms with Gasteiger partial charge in [0.1, 0.15) is 11.9 Å². The van der Waals surface area contributed by atoms with E-state index < -0.39 is 28.1 Å². The van der Waals surface area contributed by atoms with Crippen molar-refractivity contribution in [2.75, 3.05) is 34.2 Å². The largest absolute Gasteiger partial charge is 0.328 e. The highest BCUT2D eigenvalue weighted by Gasteiger charge is 2.44. The maximum atomic E-state index is 14.3. The predicted octanol–water partition coefficient (Wildman–Crippen LogP) is 3.41. The number of nitrogens with one attached hydrogen (secondary N) is 1. The number of halogens is 1. The van der Waals surface area contributed by atoms with E-state index in [-0.39, 0.29) is 24.3 Å². The van der Waals surface area contributed by atoms with E-state index in [9.17, 15) is 22.4 Å². The molecule has 41 heavy (non-hydrogen) atoms. The number of hydrogen-bond donors (Lipinski definition) is 1. The average Bonchev–Trinajstić information content (AvgIpc) is 3.41. The molecule has 2 amide bonds. The number of likely N-dealkylation sites (N-methyl/N-ethyl adjacent to an activating group) is 1. The van der Waals surface area contributed by atoms with Crippen LogP contribution in [0.2, 0.25) is 0 Å². The molecule has 1 aliphatic rings. The van der Waals surface area contributed by atoms with Gasteiger partial charge in [-0.25, -0.2) is 9.11 Å². The normalized spacial score (nSPS) is 17.4. The second-order valence-corrected chi connectivity index (χ2v) is 12.5. The lowest BCUT2D eigenvalue weighted by Crippen LogP contribution is -2.51. The number of likely N-dealkylation sites (tertiary alicyclic amines) is 1. The Morgan fingerprint density at radius 2 is 1.49 bits per heavy atom. The SMILES string of the molecule is CN(CCCc1ccc(F)cc1)[C@@H]1C[C@H](C(=O)NS(=O)(=O)N(C)C)N(C(=O)C(c2ccccc2)c2ccccc2)C1. The Hall–Kier alpha value is -3.60. The molecule has 0 bridgehead atoms. The monoisotopic (exact) mass is 580 g/mol. The molecule has 0 aromatic heterocycles. The molecule has 2 atom stereocenters. The van der Waals surface area contributed by atoms with Crippen molar-refractivity contribution < 1.29 is 22.4 Å². The van der Waals surface area contributed by atoms with Gasteiger partial charge in [0, 0.05) is 26.7 Å². The summed E-state index contributed by atoms with van der Waals surface area (Å²) in [4.78, 5) is 31.3. The molecular weight excluding hydrogens is 543 g/mol. The highest BCUT2D eigenvalue weighted by Crippen LogP contribution is 2.32. The molecule has 1 N–H and O–H groups in total. The first kappa shape index (κ1) is 30.4. The van der Waals surface area contributed by atoms with Gasteiger partial charge >= 0.3 is 10.2 Å². The van der Waals surface area contributed by atoms with Crippen molar-refractivity contribution in [2.24, 2.45) is 0 Å². The summed E-state index contributed by atoms with van der Waals surface area (Å²) in [7, 11) is 0.585. The number of amides is 2. The lowest BCUT2D eigenvalue weighted by molar-refractivity contribution is -0.138. The third kappa shape index (κ3) is 7.58. The Balaban J connectivity index is 1.57. The van der Waals surface area contributed by atoms with Crippen molar-refractivity contribution in [1.82, 2.24) is 18.8 Å². The molecule has 3 aromatic carbocycles. The average molecular weight is 581 g/mol. The van der Waals surface area contributed by atoms with E-state index in [1.54, 1.807) is 12.1 Å². The van der Waals surface area contributed by atoms with Gasteiger partial charge in [-0.15, -0.1) is 0 Å². The van der Waals surface area contributed by atoms with Crippen LogP contribution < -0.4 is 4.72 Å². The molecule has 0 unspecified atom stereocenters. The Morgan fingerprint density at radius 1 is 0.927 bits per heavy atom. The van der Waals surface area contributed by atoms with Gasteiger partial charge < -0.3 is 9.80 Å². The molecule has 218 valence electrons. The second-order valence-electron chi connectivity index (χ2n) is 10.6. The van der Waals surface area contributed by atoms with Crippen molar-refractivity contribution in [3.8, 4) is 0 Å². The molecule has 1 fully saturated rings. The number of carbonyl (C=O) groups is 2. The fraction of sp³-hybridized carbons (Fsp3) is 0.355. The molecule has 1 aliphatic heterocycles. The lowest BCUT2D eigenvalue weighted by atomic mass is 9.90. The number of hydrogen-bond acceptors (Lipinski definition) is 5. The van der Waals surface area contributed by atoms with Gasteiger partial charge in [0.25, 0.3) is 5.91 Å². The van der Waals surface area contributed by atoms with Crippen molar-refractivity contribution in [1.29, 1.82) is 0 Å². The van der Waals surface area contributed by atoms with Crippen LogP contribution in [-0.4, -0.2) is 80.7 Å². The van der Waals surface area contributed by atoms with Crippen molar-refractivity contribution in [3.05, 3.63) is 107 Å². The summed E-state index contributed by atoms with van der Waals surface area (Å²) in [5.74, 6) is -1.91. The maximum Gasteiger partial charge on any atom is 0.303 e. The Kier molecular flexibility index (Phi) is 9.90. The molecule has 0 saturated carbocycles. The van der Waals surface area contributed by atoms with Crippen LogP contribution in [0.25, 0.3) is 0 Å². The van der Waals surface area contributed by atoms with Crippen LogP contribution in [0, 0.1) is 5.82 Å². The van der Waals surface area contributed by atoms with Gasteiger partial charge in [0.15, 0.2) is 0 Å². The summed E-state index contributed by atoms with van der Waals surface area (Å²) >= 11 is 0. The number of benzene rings is 3. The maximum absolute atomic E-state index is 14.3. The summed E-state index contributed by atoms with van der Waals surface area (Å²) in [6.07, 6.45) is 1.86. The quantitative estimate of drug-likeness (QED) is 0.376. The minimum absolute atomic E-state index is 0.155. The third-order valence-corrected chi connectivity index (χ3v) is 9.02. The first-order valence-electron chi connectivity index (χ1n) is 13.7. The van der Waals surface area contributed by atoms with E-state index in [0.29, 0.717) is 13.0 Å². The summed E-state index contributed by atoms with van der Waals surface area (Å²) < 4.78 is 41.4. The molecule has 1 heterocycles. The fourth-order valence-corrected chi connectivity index (χ4v) is 5.79. The van der Waals surface area contributed by atoms with E-state index in [1.165, 1.54) is 31.1 Å². The third-order valence-electron chi connectivity index (χ3n) is 7.60. The zero-order chi connectivity index (χ0) is 29.6.